The second kappa shape index (κ2) is 9.67. The minimum atomic E-state index is -4.41. The van der Waals surface area contributed by atoms with Crippen LogP contribution >= 0.6 is 0 Å². The molecule has 2 aromatic carbocycles. The van der Waals surface area contributed by atoms with Gasteiger partial charge in [0.15, 0.2) is 5.82 Å². The van der Waals surface area contributed by atoms with Crippen molar-refractivity contribution < 1.29 is 18.0 Å². The van der Waals surface area contributed by atoms with Crippen molar-refractivity contribution in [2.24, 2.45) is 5.92 Å². The molecule has 3 aromatic rings. The van der Waals surface area contributed by atoms with Crippen LogP contribution in [0.3, 0.4) is 0 Å². The first kappa shape index (κ1) is 23.9. The van der Waals surface area contributed by atoms with Crippen molar-refractivity contribution in [2.75, 3.05) is 28.4 Å². The molecular weight excluding hydrogens is 469 g/mol. The number of aromatic nitrogens is 2. The average molecular weight is 497 g/mol. The van der Waals surface area contributed by atoms with Crippen molar-refractivity contribution in [3.05, 3.63) is 77.1 Å². The van der Waals surface area contributed by atoms with E-state index in [0.29, 0.717) is 25.1 Å². The summed E-state index contributed by atoms with van der Waals surface area (Å²) in [5.41, 5.74) is 6.21. The Labute approximate surface area is 207 Å². The molecule has 2 aliphatic heterocycles. The van der Waals surface area contributed by atoms with Crippen LogP contribution in [0.1, 0.15) is 35.1 Å². The zero-order valence-electron chi connectivity index (χ0n) is 19.8. The number of amides is 1. The van der Waals surface area contributed by atoms with Gasteiger partial charge in [-0.25, -0.2) is 9.97 Å². The lowest BCUT2D eigenvalue weighted by Gasteiger charge is -2.33. The average Bonchev–Trinajstić information content (AvgIpc) is 3.32. The van der Waals surface area contributed by atoms with E-state index < -0.39 is 11.7 Å². The third-order valence-electron chi connectivity index (χ3n) is 6.64. The number of rotatable bonds is 5. The number of benzene rings is 2. The van der Waals surface area contributed by atoms with Gasteiger partial charge in [0.2, 0.25) is 5.91 Å². The van der Waals surface area contributed by atoms with Gasteiger partial charge in [-0.1, -0.05) is 29.8 Å². The van der Waals surface area contributed by atoms with Crippen LogP contribution in [0.5, 0.6) is 0 Å². The molecule has 0 aliphatic carbocycles. The van der Waals surface area contributed by atoms with Crippen LogP contribution in [0.4, 0.5) is 30.5 Å². The van der Waals surface area contributed by atoms with Gasteiger partial charge in [-0.05, 0) is 49.6 Å². The summed E-state index contributed by atoms with van der Waals surface area (Å²) in [5, 5.41) is 4.84. The van der Waals surface area contributed by atoms with E-state index in [-0.39, 0.29) is 18.4 Å². The molecule has 1 atom stereocenters. The van der Waals surface area contributed by atoms with Crippen LogP contribution in [-0.2, 0) is 24.1 Å². The number of halogens is 3. The highest BCUT2D eigenvalue weighted by Gasteiger charge is 2.32. The highest BCUT2D eigenvalue weighted by Crippen LogP contribution is 2.35. The van der Waals surface area contributed by atoms with Crippen LogP contribution in [0.2, 0.25) is 0 Å². The van der Waals surface area contributed by atoms with Gasteiger partial charge in [0.1, 0.15) is 12.1 Å². The Morgan fingerprint density at radius 2 is 1.97 bits per heavy atom. The number of aryl methyl sites for hydroxylation is 1. The number of alkyl halides is 3. The fourth-order valence-corrected chi connectivity index (χ4v) is 4.70. The predicted octanol–water partition coefficient (Wildman–Crippen LogP) is 4.68. The summed E-state index contributed by atoms with van der Waals surface area (Å²) in [6.07, 6.45) is -1.36. The number of nitrogens with one attached hydrogen (secondary N) is 2. The normalized spacial score (nSPS) is 17.5. The standard InChI is InChI=1S/C26H27F3N6O/c1-17-7-9-21(10-8-17)35-15-22-23(33-35)31-16-32-24(22)34-11-3-5-19(14-34)25(36)30-13-18-4-2-6-20(12-18)26(27,28)29/h2,4,6-10,12,16,19H,3,5,11,13-15H2,1H3,(H,30,36)(H,31,32,33). The Morgan fingerprint density at radius 3 is 2.75 bits per heavy atom. The lowest BCUT2D eigenvalue weighted by Crippen LogP contribution is -2.43. The molecular formula is C26H27F3N6O. The van der Waals surface area contributed by atoms with E-state index in [1.54, 1.807) is 6.07 Å². The third kappa shape index (κ3) is 5.07. The molecule has 36 heavy (non-hydrogen) atoms. The number of carbonyl (C=O) groups excluding carboxylic acids is 1. The maximum Gasteiger partial charge on any atom is 0.416 e. The zero-order valence-corrected chi connectivity index (χ0v) is 19.8. The molecule has 2 aliphatic rings. The van der Waals surface area contributed by atoms with Crippen molar-refractivity contribution in [3.63, 3.8) is 0 Å². The van der Waals surface area contributed by atoms with Crippen molar-refractivity contribution in [1.29, 1.82) is 0 Å². The number of nitrogens with zero attached hydrogens (tertiary/aromatic N) is 4. The number of carbonyl (C=O) groups is 1. The molecule has 1 unspecified atom stereocenters. The summed E-state index contributed by atoms with van der Waals surface area (Å²) in [7, 11) is 0. The molecule has 1 saturated heterocycles. The number of fused-ring (bicyclic) bond motifs is 1. The molecule has 188 valence electrons. The summed E-state index contributed by atoms with van der Waals surface area (Å²) in [6, 6.07) is 13.2. The molecule has 0 saturated carbocycles. The van der Waals surface area contributed by atoms with Crippen molar-refractivity contribution in [1.82, 2.24) is 15.3 Å². The summed E-state index contributed by atoms with van der Waals surface area (Å²) in [6.45, 7) is 3.95. The second-order valence-electron chi connectivity index (χ2n) is 9.26. The van der Waals surface area contributed by atoms with Gasteiger partial charge in [0.05, 0.1) is 29.3 Å². The number of hydrazine groups is 1. The van der Waals surface area contributed by atoms with Crippen molar-refractivity contribution in [2.45, 2.75) is 39.0 Å². The molecule has 0 radical (unpaired) electrons. The van der Waals surface area contributed by atoms with E-state index in [1.165, 1.54) is 18.0 Å². The Kier molecular flexibility index (Phi) is 6.42. The number of hydrogen-bond acceptors (Lipinski definition) is 6. The van der Waals surface area contributed by atoms with Gasteiger partial charge in [-0.3, -0.25) is 15.2 Å². The quantitative estimate of drug-likeness (QED) is 0.534. The first-order valence-electron chi connectivity index (χ1n) is 11.9. The van der Waals surface area contributed by atoms with Crippen LogP contribution < -0.4 is 20.7 Å². The van der Waals surface area contributed by atoms with Gasteiger partial charge < -0.3 is 10.2 Å². The van der Waals surface area contributed by atoms with Crippen LogP contribution in [0.15, 0.2) is 54.9 Å². The Bertz CT molecular complexity index is 1250. The van der Waals surface area contributed by atoms with E-state index in [0.717, 1.165) is 48.0 Å². The maximum absolute atomic E-state index is 13.0. The highest BCUT2D eigenvalue weighted by atomic mass is 19.4. The van der Waals surface area contributed by atoms with Crippen LogP contribution in [0.25, 0.3) is 0 Å². The monoisotopic (exact) mass is 496 g/mol. The number of piperidine rings is 1. The zero-order chi connectivity index (χ0) is 25.3. The van der Waals surface area contributed by atoms with Crippen LogP contribution in [-0.4, -0.2) is 29.0 Å². The molecule has 3 heterocycles. The molecule has 7 nitrogen and oxygen atoms in total. The Morgan fingerprint density at radius 1 is 1.17 bits per heavy atom. The summed E-state index contributed by atoms with van der Waals surface area (Å²) < 4.78 is 38.9. The second-order valence-corrected chi connectivity index (χ2v) is 9.26. The smallest absolute Gasteiger partial charge is 0.355 e. The Balaban J connectivity index is 1.24. The van der Waals surface area contributed by atoms with E-state index in [9.17, 15) is 18.0 Å². The molecule has 10 heteroatoms. The van der Waals surface area contributed by atoms with Crippen molar-refractivity contribution in [3.8, 4) is 0 Å². The van der Waals surface area contributed by atoms with Crippen LogP contribution in [0, 0.1) is 12.8 Å². The number of anilines is 3. The lowest BCUT2D eigenvalue weighted by molar-refractivity contribution is -0.137. The van der Waals surface area contributed by atoms with E-state index in [1.807, 2.05) is 24.1 Å². The van der Waals surface area contributed by atoms with E-state index in [4.69, 9.17) is 0 Å². The topological polar surface area (TPSA) is 73.4 Å². The summed E-state index contributed by atoms with van der Waals surface area (Å²) in [4.78, 5) is 24.0. The highest BCUT2D eigenvalue weighted by molar-refractivity contribution is 5.80. The predicted molar refractivity (Wildman–Crippen MR) is 131 cm³/mol. The molecule has 1 fully saturated rings. The largest absolute Gasteiger partial charge is 0.416 e. The fourth-order valence-electron chi connectivity index (χ4n) is 4.70. The molecule has 1 amide bonds. The first-order chi connectivity index (χ1) is 17.3. The minimum Gasteiger partial charge on any atom is -0.355 e. The molecule has 1 aromatic heterocycles. The molecule has 2 N–H and O–H groups in total. The molecule has 0 spiro atoms. The van der Waals surface area contributed by atoms with Gasteiger partial charge >= 0.3 is 6.18 Å². The third-order valence-corrected chi connectivity index (χ3v) is 6.64. The Hall–Kier alpha value is -3.82. The summed E-state index contributed by atoms with van der Waals surface area (Å²) >= 11 is 0. The summed E-state index contributed by atoms with van der Waals surface area (Å²) in [5.74, 6) is 1.11. The van der Waals surface area contributed by atoms with Gasteiger partial charge in [-0.15, -0.1) is 0 Å². The first-order valence-corrected chi connectivity index (χ1v) is 11.9. The lowest BCUT2D eigenvalue weighted by atomic mass is 9.96. The van der Waals surface area contributed by atoms with E-state index >= 15 is 0 Å². The van der Waals surface area contributed by atoms with Gasteiger partial charge in [-0.2, -0.15) is 13.2 Å². The molecule has 5 rings (SSSR count). The fraction of sp³-hybridized carbons (Fsp3) is 0.346. The maximum atomic E-state index is 13.0. The SMILES string of the molecule is Cc1ccc(N2Cc3c(ncnc3N3CCCC(C(=O)NCc4cccc(C(F)(F)F)c4)C3)N2)cc1. The van der Waals surface area contributed by atoms with Gasteiger partial charge in [0.25, 0.3) is 0 Å². The van der Waals surface area contributed by atoms with Gasteiger partial charge in [0, 0.05) is 19.6 Å². The molecule has 0 bridgehead atoms. The minimum absolute atomic E-state index is 0.0532. The number of hydrogen-bond donors (Lipinski definition) is 2. The van der Waals surface area contributed by atoms with E-state index in [2.05, 4.69) is 37.7 Å². The van der Waals surface area contributed by atoms with Crippen molar-refractivity contribution >= 4 is 23.2 Å².